The largest absolute Gasteiger partial charge is 0.392 e. The van der Waals surface area contributed by atoms with E-state index in [4.69, 9.17) is 10.00 Å². The Morgan fingerprint density at radius 3 is 2.71 bits per heavy atom. The van der Waals surface area contributed by atoms with E-state index >= 15 is 0 Å². The molecule has 0 radical (unpaired) electrons. The molecule has 1 aliphatic carbocycles. The molecule has 5 heteroatoms. The summed E-state index contributed by atoms with van der Waals surface area (Å²) in [5, 5.41) is 19.5. The van der Waals surface area contributed by atoms with Crippen molar-refractivity contribution in [1.82, 2.24) is 0 Å². The first-order valence-corrected chi connectivity index (χ1v) is 8.61. The zero-order chi connectivity index (χ0) is 17.3. The van der Waals surface area contributed by atoms with Gasteiger partial charge in [-0.1, -0.05) is 0 Å². The third-order valence-corrected chi connectivity index (χ3v) is 5.65. The van der Waals surface area contributed by atoms with E-state index in [0.717, 1.165) is 38.0 Å². The predicted molar refractivity (Wildman–Crippen MR) is 91.1 cm³/mol. The number of aliphatic hydroxyl groups excluding tert-OH is 1. The second kappa shape index (κ2) is 6.54. The van der Waals surface area contributed by atoms with E-state index in [1.54, 1.807) is 25.1 Å². The van der Waals surface area contributed by atoms with Gasteiger partial charge in [0, 0.05) is 42.8 Å². The summed E-state index contributed by atoms with van der Waals surface area (Å²) in [5.41, 5.74) is 1.90. The zero-order valence-corrected chi connectivity index (χ0v) is 14.3. The molecule has 1 saturated heterocycles. The van der Waals surface area contributed by atoms with Crippen molar-refractivity contribution in [2.45, 2.75) is 45.3 Å². The fraction of sp³-hybridized carbons (Fsp3) is 0.579. The average molecular weight is 328 g/mol. The third-order valence-electron chi connectivity index (χ3n) is 5.65. The Morgan fingerprint density at radius 1 is 1.46 bits per heavy atom. The van der Waals surface area contributed by atoms with Gasteiger partial charge in [-0.15, -0.1) is 0 Å². The predicted octanol–water partition coefficient (Wildman–Crippen LogP) is 2.52. The number of carbonyl (C=O) groups excluding carboxylic acids is 1. The average Bonchev–Trinajstić information content (AvgIpc) is 2.61. The van der Waals surface area contributed by atoms with Crippen LogP contribution in [0.2, 0.25) is 0 Å². The standard InChI is InChI=1S/C19H24N2O3/c1-3-24-18-11-17(23)19(18)6-8-21(9-7-19)16-10-14(12-20)4-5-15(16)13(2)22/h4-5,10,17-18,23H,3,6-9,11H2,1-2H3. The van der Waals surface area contributed by atoms with Crippen LogP contribution in [0.3, 0.4) is 0 Å². The van der Waals surface area contributed by atoms with Crippen LogP contribution in [0.5, 0.6) is 0 Å². The van der Waals surface area contributed by atoms with E-state index in [-0.39, 0.29) is 23.4 Å². The molecule has 1 spiro atoms. The normalized spacial score (nSPS) is 25.2. The van der Waals surface area contributed by atoms with E-state index in [2.05, 4.69) is 11.0 Å². The van der Waals surface area contributed by atoms with Crippen molar-refractivity contribution < 1.29 is 14.6 Å². The van der Waals surface area contributed by atoms with Crippen LogP contribution in [-0.4, -0.2) is 42.8 Å². The molecule has 2 unspecified atom stereocenters. The number of hydrogen-bond donors (Lipinski definition) is 1. The van der Waals surface area contributed by atoms with Gasteiger partial charge in [0.25, 0.3) is 0 Å². The van der Waals surface area contributed by atoms with Gasteiger partial charge >= 0.3 is 0 Å². The first-order chi connectivity index (χ1) is 11.5. The van der Waals surface area contributed by atoms with E-state index < -0.39 is 0 Å². The maximum absolute atomic E-state index is 11.9. The lowest BCUT2D eigenvalue weighted by Gasteiger charge is -2.57. The Bertz CT molecular complexity index is 670. The van der Waals surface area contributed by atoms with Crippen LogP contribution in [0, 0.1) is 16.7 Å². The smallest absolute Gasteiger partial charge is 0.161 e. The van der Waals surface area contributed by atoms with Crippen molar-refractivity contribution in [1.29, 1.82) is 5.26 Å². The first-order valence-electron chi connectivity index (χ1n) is 8.61. The highest BCUT2D eigenvalue weighted by Crippen LogP contribution is 2.51. The van der Waals surface area contributed by atoms with Crippen LogP contribution in [0.25, 0.3) is 0 Å². The summed E-state index contributed by atoms with van der Waals surface area (Å²) >= 11 is 0. The molecule has 1 heterocycles. The topological polar surface area (TPSA) is 73.6 Å². The molecule has 1 N–H and O–H groups in total. The number of piperidine rings is 1. The van der Waals surface area contributed by atoms with Gasteiger partial charge in [-0.3, -0.25) is 4.79 Å². The number of carbonyl (C=O) groups is 1. The van der Waals surface area contributed by atoms with Crippen molar-refractivity contribution >= 4 is 11.5 Å². The molecule has 0 aromatic heterocycles. The molecule has 1 aliphatic heterocycles. The summed E-state index contributed by atoms with van der Waals surface area (Å²) in [5.74, 6) is 0.00523. The Hall–Kier alpha value is -1.90. The molecule has 1 aromatic rings. The van der Waals surface area contributed by atoms with Crippen LogP contribution in [0.4, 0.5) is 5.69 Å². The number of Topliss-reactive ketones (excluding diaryl/α,β-unsaturated/α-hetero) is 1. The monoisotopic (exact) mass is 328 g/mol. The van der Waals surface area contributed by atoms with Gasteiger partial charge in [0.15, 0.2) is 5.78 Å². The van der Waals surface area contributed by atoms with Gasteiger partial charge in [0.1, 0.15) is 0 Å². The lowest BCUT2D eigenvalue weighted by atomic mass is 9.58. The summed E-state index contributed by atoms with van der Waals surface area (Å²) in [6, 6.07) is 7.37. The van der Waals surface area contributed by atoms with Gasteiger partial charge in [-0.25, -0.2) is 0 Å². The summed E-state index contributed by atoms with van der Waals surface area (Å²) in [6.45, 7) is 5.73. The second-order valence-electron chi connectivity index (χ2n) is 6.82. The lowest BCUT2D eigenvalue weighted by molar-refractivity contribution is -0.199. The molecule has 2 fully saturated rings. The fourth-order valence-electron chi connectivity index (χ4n) is 4.14. The van der Waals surface area contributed by atoms with Gasteiger partial charge in [-0.05, 0) is 44.9 Å². The van der Waals surface area contributed by atoms with Crippen LogP contribution >= 0.6 is 0 Å². The molecule has 2 atom stereocenters. The minimum atomic E-state index is -0.297. The van der Waals surface area contributed by atoms with Gasteiger partial charge < -0.3 is 14.7 Å². The minimum absolute atomic E-state index is 0.00523. The second-order valence-corrected chi connectivity index (χ2v) is 6.82. The van der Waals surface area contributed by atoms with Crippen molar-refractivity contribution in [3.05, 3.63) is 29.3 Å². The number of ether oxygens (including phenoxy) is 1. The molecule has 3 rings (SSSR count). The number of nitriles is 1. The summed E-state index contributed by atoms with van der Waals surface area (Å²) in [6.07, 6.45) is 2.24. The first kappa shape index (κ1) is 16.9. The van der Waals surface area contributed by atoms with Gasteiger partial charge in [-0.2, -0.15) is 5.26 Å². The summed E-state index contributed by atoms with van der Waals surface area (Å²) < 4.78 is 5.81. The molecular formula is C19H24N2O3. The van der Waals surface area contributed by atoms with E-state index in [0.29, 0.717) is 17.7 Å². The van der Waals surface area contributed by atoms with Crippen molar-refractivity contribution in [3.8, 4) is 6.07 Å². The van der Waals surface area contributed by atoms with Gasteiger partial charge in [0.05, 0.1) is 23.8 Å². The summed E-state index contributed by atoms with van der Waals surface area (Å²) in [4.78, 5) is 14.1. The van der Waals surface area contributed by atoms with E-state index in [1.165, 1.54) is 0 Å². The molecule has 1 saturated carbocycles. The van der Waals surface area contributed by atoms with Gasteiger partial charge in [0.2, 0.25) is 0 Å². The lowest BCUT2D eigenvalue weighted by Crippen LogP contribution is -2.62. The SMILES string of the molecule is CCOC1CC(O)C12CCN(c1cc(C#N)ccc1C(C)=O)CC2. The van der Waals surface area contributed by atoms with Crippen LogP contribution in [0.1, 0.15) is 49.0 Å². The van der Waals surface area contributed by atoms with Crippen molar-refractivity contribution in [2.24, 2.45) is 5.41 Å². The van der Waals surface area contributed by atoms with Crippen molar-refractivity contribution in [2.75, 3.05) is 24.6 Å². The zero-order valence-electron chi connectivity index (χ0n) is 14.3. The van der Waals surface area contributed by atoms with E-state index in [1.807, 2.05) is 6.92 Å². The highest BCUT2D eigenvalue weighted by molar-refractivity contribution is 6.00. The molecule has 0 bridgehead atoms. The number of aliphatic hydroxyl groups is 1. The van der Waals surface area contributed by atoms with Crippen molar-refractivity contribution in [3.63, 3.8) is 0 Å². The molecule has 0 amide bonds. The Morgan fingerprint density at radius 2 is 2.17 bits per heavy atom. The molecule has 24 heavy (non-hydrogen) atoms. The number of nitrogens with zero attached hydrogens (tertiary/aromatic N) is 2. The highest BCUT2D eigenvalue weighted by atomic mass is 16.5. The highest BCUT2D eigenvalue weighted by Gasteiger charge is 2.56. The molecular weight excluding hydrogens is 304 g/mol. The third kappa shape index (κ3) is 2.70. The quantitative estimate of drug-likeness (QED) is 0.860. The minimum Gasteiger partial charge on any atom is -0.392 e. The maximum atomic E-state index is 11.9. The number of ketones is 1. The fourth-order valence-corrected chi connectivity index (χ4v) is 4.14. The van der Waals surface area contributed by atoms with Crippen LogP contribution < -0.4 is 4.90 Å². The number of benzene rings is 1. The molecule has 128 valence electrons. The van der Waals surface area contributed by atoms with E-state index in [9.17, 15) is 9.90 Å². The van der Waals surface area contributed by atoms with Crippen LogP contribution in [-0.2, 0) is 4.74 Å². The maximum Gasteiger partial charge on any atom is 0.161 e. The summed E-state index contributed by atoms with van der Waals surface area (Å²) in [7, 11) is 0. The Labute approximate surface area is 142 Å². The Kier molecular flexibility index (Phi) is 4.62. The number of rotatable bonds is 4. The molecule has 1 aromatic carbocycles. The Balaban J connectivity index is 1.80. The molecule has 2 aliphatic rings. The van der Waals surface area contributed by atoms with Crippen LogP contribution in [0.15, 0.2) is 18.2 Å². The number of hydrogen-bond acceptors (Lipinski definition) is 5. The number of anilines is 1. The molecule has 5 nitrogen and oxygen atoms in total.